The van der Waals surface area contributed by atoms with E-state index in [2.05, 4.69) is 32.3 Å². The van der Waals surface area contributed by atoms with Crippen molar-refractivity contribution in [1.29, 1.82) is 0 Å². The maximum absolute atomic E-state index is 13.1. The van der Waals surface area contributed by atoms with Gasteiger partial charge in [-0.3, -0.25) is 29.3 Å². The van der Waals surface area contributed by atoms with Crippen molar-refractivity contribution in [2.45, 2.75) is 69.1 Å². The van der Waals surface area contributed by atoms with Crippen molar-refractivity contribution in [3.8, 4) is 5.75 Å². The van der Waals surface area contributed by atoms with Crippen molar-refractivity contribution >= 4 is 17.7 Å². The Labute approximate surface area is 203 Å². The van der Waals surface area contributed by atoms with E-state index in [0.29, 0.717) is 31.2 Å². The van der Waals surface area contributed by atoms with Crippen LogP contribution in [-0.2, 0) is 28.1 Å². The standard InChI is InChI=1S/C26H29N5O4/c32-22-6-5-21(24(33)28-22)30-14-19-18(25(30)34)3-4-20-23(19)35-15-26(20)7-9-29(10-8-26)12-16-11-27-31(13-16)17-1-2-17/h3-4,11,13,17,21H,1-2,5-10,12,14-15H2,(H,28,32,33). The first-order chi connectivity index (χ1) is 17.0. The summed E-state index contributed by atoms with van der Waals surface area (Å²) in [5, 5.41) is 6.90. The van der Waals surface area contributed by atoms with Crippen LogP contribution in [0.5, 0.6) is 5.75 Å². The molecule has 0 radical (unpaired) electrons. The number of hydrogen-bond donors (Lipinski definition) is 1. The van der Waals surface area contributed by atoms with Crippen molar-refractivity contribution in [3.05, 3.63) is 46.8 Å². The number of piperidine rings is 2. The molecule has 2 saturated heterocycles. The molecule has 35 heavy (non-hydrogen) atoms. The number of rotatable bonds is 4. The fourth-order valence-electron chi connectivity index (χ4n) is 6.29. The van der Waals surface area contributed by atoms with Crippen molar-refractivity contribution in [3.63, 3.8) is 0 Å². The number of carbonyl (C=O) groups excluding carboxylic acids is 3. The van der Waals surface area contributed by atoms with Gasteiger partial charge in [0.1, 0.15) is 11.8 Å². The van der Waals surface area contributed by atoms with Gasteiger partial charge >= 0.3 is 0 Å². The zero-order valence-corrected chi connectivity index (χ0v) is 19.7. The number of carbonyl (C=O) groups is 3. The van der Waals surface area contributed by atoms with Crippen LogP contribution < -0.4 is 10.1 Å². The summed E-state index contributed by atoms with van der Waals surface area (Å²) >= 11 is 0. The minimum Gasteiger partial charge on any atom is -0.492 e. The average molecular weight is 476 g/mol. The number of amides is 3. The summed E-state index contributed by atoms with van der Waals surface area (Å²) in [4.78, 5) is 41.2. The van der Waals surface area contributed by atoms with Crippen LogP contribution in [0.3, 0.4) is 0 Å². The molecule has 3 amide bonds. The molecule has 0 bridgehead atoms. The Morgan fingerprint density at radius 3 is 2.71 bits per heavy atom. The highest BCUT2D eigenvalue weighted by Gasteiger charge is 2.47. The summed E-state index contributed by atoms with van der Waals surface area (Å²) in [7, 11) is 0. The number of likely N-dealkylation sites (tertiary alicyclic amines) is 1. The van der Waals surface area contributed by atoms with Gasteiger partial charge in [-0.1, -0.05) is 6.07 Å². The fourth-order valence-corrected chi connectivity index (χ4v) is 6.29. The van der Waals surface area contributed by atoms with E-state index in [4.69, 9.17) is 4.74 Å². The van der Waals surface area contributed by atoms with Crippen molar-refractivity contribution in [1.82, 2.24) is 24.9 Å². The molecule has 1 unspecified atom stereocenters. The molecule has 2 aromatic rings. The van der Waals surface area contributed by atoms with Crippen LogP contribution in [0, 0.1) is 0 Å². The molecule has 7 rings (SSSR count). The quantitative estimate of drug-likeness (QED) is 0.679. The predicted octanol–water partition coefficient (Wildman–Crippen LogP) is 1.91. The fraction of sp³-hybridized carbons (Fsp3) is 0.538. The number of ether oxygens (including phenoxy) is 1. The lowest BCUT2D eigenvalue weighted by Gasteiger charge is -2.38. The third kappa shape index (κ3) is 3.39. The average Bonchev–Trinajstić information content (AvgIpc) is 3.37. The molecule has 9 nitrogen and oxygen atoms in total. The molecule has 1 aromatic heterocycles. The monoisotopic (exact) mass is 475 g/mol. The van der Waals surface area contributed by atoms with Crippen molar-refractivity contribution < 1.29 is 19.1 Å². The molecule has 182 valence electrons. The van der Waals surface area contributed by atoms with Gasteiger partial charge < -0.3 is 9.64 Å². The molecule has 1 atom stereocenters. The van der Waals surface area contributed by atoms with E-state index in [1.807, 2.05) is 12.3 Å². The van der Waals surface area contributed by atoms with Crippen molar-refractivity contribution in [2.75, 3.05) is 19.7 Å². The van der Waals surface area contributed by atoms with Crippen LogP contribution in [0.4, 0.5) is 0 Å². The van der Waals surface area contributed by atoms with Crippen molar-refractivity contribution in [2.24, 2.45) is 0 Å². The highest BCUT2D eigenvalue weighted by molar-refractivity contribution is 6.05. The molecular weight excluding hydrogens is 446 g/mol. The summed E-state index contributed by atoms with van der Waals surface area (Å²) in [6, 6.07) is 3.99. The SMILES string of the molecule is O=C1CCC(N2Cc3c(ccc4c3OCC43CCN(Cc4cnn(C5CC5)c4)CC3)C2=O)C(=O)N1. The molecule has 5 heterocycles. The summed E-state index contributed by atoms with van der Waals surface area (Å²) in [6.07, 6.45) is 9.34. The summed E-state index contributed by atoms with van der Waals surface area (Å²) in [5.41, 5.74) is 3.97. The number of benzene rings is 1. The minimum atomic E-state index is -0.605. The molecule has 5 aliphatic rings. The first-order valence-corrected chi connectivity index (χ1v) is 12.7. The lowest BCUT2D eigenvalue weighted by molar-refractivity contribution is -0.136. The maximum Gasteiger partial charge on any atom is 0.255 e. The zero-order chi connectivity index (χ0) is 23.7. The molecule has 1 aliphatic carbocycles. The van der Waals surface area contributed by atoms with E-state index < -0.39 is 6.04 Å². The third-order valence-electron chi connectivity index (χ3n) is 8.53. The normalized spacial score (nSPS) is 25.5. The molecule has 3 fully saturated rings. The molecular formula is C26H29N5O4. The largest absolute Gasteiger partial charge is 0.492 e. The Morgan fingerprint density at radius 2 is 1.94 bits per heavy atom. The highest BCUT2D eigenvalue weighted by atomic mass is 16.5. The Hall–Kier alpha value is -3.20. The van der Waals surface area contributed by atoms with Gasteiger partial charge in [-0.05, 0) is 51.3 Å². The second-order valence-electron chi connectivity index (χ2n) is 10.8. The van der Waals surface area contributed by atoms with Crippen LogP contribution >= 0.6 is 0 Å². The van der Waals surface area contributed by atoms with Crippen LogP contribution in [0.25, 0.3) is 0 Å². The molecule has 1 spiro atoms. The van der Waals surface area contributed by atoms with Crippen LogP contribution in [0.1, 0.15) is 71.6 Å². The lowest BCUT2D eigenvalue weighted by Crippen LogP contribution is -2.52. The molecule has 4 aliphatic heterocycles. The van der Waals surface area contributed by atoms with Crippen LogP contribution in [0.15, 0.2) is 24.5 Å². The number of aromatic nitrogens is 2. The smallest absolute Gasteiger partial charge is 0.255 e. The first kappa shape index (κ1) is 21.1. The third-order valence-corrected chi connectivity index (χ3v) is 8.53. The Kier molecular flexibility index (Phi) is 4.61. The number of fused-ring (bicyclic) bond motifs is 4. The van der Waals surface area contributed by atoms with Gasteiger partial charge in [-0.25, -0.2) is 0 Å². The van der Waals surface area contributed by atoms with E-state index in [9.17, 15) is 14.4 Å². The highest BCUT2D eigenvalue weighted by Crippen LogP contribution is 2.49. The van der Waals surface area contributed by atoms with E-state index in [1.54, 1.807) is 4.90 Å². The van der Waals surface area contributed by atoms with Gasteiger partial charge in [0, 0.05) is 46.8 Å². The van der Waals surface area contributed by atoms with E-state index in [-0.39, 0.29) is 29.6 Å². The molecule has 1 saturated carbocycles. The molecule has 1 N–H and O–H groups in total. The van der Waals surface area contributed by atoms with Crippen LogP contribution in [0.2, 0.25) is 0 Å². The van der Waals surface area contributed by atoms with Gasteiger partial charge in [0.15, 0.2) is 0 Å². The second-order valence-corrected chi connectivity index (χ2v) is 10.8. The number of hydrogen-bond acceptors (Lipinski definition) is 6. The van der Waals surface area contributed by atoms with Gasteiger partial charge in [-0.2, -0.15) is 5.10 Å². The number of imide groups is 1. The topological polar surface area (TPSA) is 96.8 Å². The Bertz CT molecular complexity index is 1240. The summed E-state index contributed by atoms with van der Waals surface area (Å²) < 4.78 is 8.40. The summed E-state index contributed by atoms with van der Waals surface area (Å²) in [6.45, 7) is 3.91. The van der Waals surface area contributed by atoms with E-state index in [0.717, 1.165) is 43.8 Å². The van der Waals surface area contributed by atoms with Gasteiger partial charge in [0.2, 0.25) is 11.8 Å². The molecule has 1 aromatic carbocycles. The maximum atomic E-state index is 13.1. The second kappa shape index (κ2) is 7.65. The lowest BCUT2D eigenvalue weighted by atomic mass is 9.74. The summed E-state index contributed by atoms with van der Waals surface area (Å²) in [5.74, 6) is 0.0318. The van der Waals surface area contributed by atoms with E-state index >= 15 is 0 Å². The van der Waals surface area contributed by atoms with E-state index in [1.165, 1.54) is 24.0 Å². The van der Waals surface area contributed by atoms with Gasteiger partial charge in [-0.15, -0.1) is 0 Å². The molecule has 9 heteroatoms. The number of nitrogens with zero attached hydrogens (tertiary/aromatic N) is 4. The minimum absolute atomic E-state index is 0.0237. The first-order valence-electron chi connectivity index (χ1n) is 12.7. The number of nitrogens with one attached hydrogen (secondary N) is 1. The zero-order valence-electron chi connectivity index (χ0n) is 19.7. The van der Waals surface area contributed by atoms with Gasteiger partial charge in [0.05, 0.1) is 25.4 Å². The van der Waals surface area contributed by atoms with Gasteiger partial charge in [0.25, 0.3) is 5.91 Å². The Balaban J connectivity index is 1.07. The Morgan fingerprint density at radius 1 is 1.11 bits per heavy atom. The van der Waals surface area contributed by atoms with Crippen LogP contribution in [-0.4, -0.2) is 63.0 Å². The predicted molar refractivity (Wildman–Crippen MR) is 125 cm³/mol.